The van der Waals surface area contributed by atoms with Crippen LogP contribution in [0.2, 0.25) is 0 Å². The molecule has 0 amide bonds. The zero-order valence-electron chi connectivity index (χ0n) is 9.10. The van der Waals surface area contributed by atoms with Gasteiger partial charge in [0.25, 0.3) is 0 Å². The third-order valence-corrected chi connectivity index (χ3v) is 2.13. The van der Waals surface area contributed by atoms with E-state index in [1.165, 1.54) is 0 Å². The smallest absolute Gasteiger partial charge is 0.148 e. The molecule has 0 aromatic heterocycles. The molecule has 0 rings (SSSR count). The van der Waals surface area contributed by atoms with Gasteiger partial charge >= 0.3 is 0 Å². The Morgan fingerprint density at radius 3 is 2.31 bits per heavy atom. The molecule has 0 radical (unpaired) electrons. The van der Waals surface area contributed by atoms with E-state index >= 15 is 0 Å². The molecule has 0 aliphatic heterocycles. The van der Waals surface area contributed by atoms with Crippen LogP contribution < -0.4 is 5.32 Å². The second-order valence-corrected chi connectivity index (χ2v) is 3.10. The molecule has 1 N–H and O–H groups in total. The fourth-order valence-electron chi connectivity index (χ4n) is 1.18. The van der Waals surface area contributed by atoms with E-state index in [1.54, 1.807) is 0 Å². The number of hydrogen-bond donors (Lipinski definition) is 1. The topological polar surface area (TPSA) is 32.3 Å². The first-order valence-electron chi connectivity index (χ1n) is 5.19. The van der Waals surface area contributed by atoms with Crippen LogP contribution in [-0.4, -0.2) is 43.4 Å². The van der Waals surface area contributed by atoms with Crippen LogP contribution in [0.3, 0.4) is 0 Å². The highest BCUT2D eigenvalue weighted by Gasteiger charge is 2.05. The molecule has 0 aromatic carbocycles. The van der Waals surface area contributed by atoms with Crippen molar-refractivity contribution in [3.8, 4) is 0 Å². The average molecular weight is 186 g/mol. The molecule has 0 aliphatic carbocycles. The summed E-state index contributed by atoms with van der Waals surface area (Å²) in [4.78, 5) is 13.5. The number of nitrogens with one attached hydrogen (secondary N) is 1. The number of ketones is 1. The molecule has 0 saturated carbocycles. The number of carbonyl (C=O) groups excluding carboxylic acids is 1. The maximum Gasteiger partial charge on any atom is 0.148 e. The third-order valence-electron chi connectivity index (χ3n) is 2.13. The van der Waals surface area contributed by atoms with Gasteiger partial charge in [0, 0.05) is 13.0 Å². The number of Topliss-reactive ketones (excluding diaryl/α,β-unsaturated/α-hetero) is 1. The summed E-state index contributed by atoms with van der Waals surface area (Å²) in [6, 6.07) is 0. The Balaban J connectivity index is 3.48. The van der Waals surface area contributed by atoms with E-state index in [9.17, 15) is 4.79 Å². The van der Waals surface area contributed by atoms with E-state index in [-0.39, 0.29) is 0 Å². The maximum absolute atomic E-state index is 11.4. The van der Waals surface area contributed by atoms with Crippen LogP contribution in [0, 0.1) is 0 Å². The van der Waals surface area contributed by atoms with E-state index in [4.69, 9.17) is 0 Å². The van der Waals surface area contributed by atoms with E-state index in [2.05, 4.69) is 31.0 Å². The van der Waals surface area contributed by atoms with Gasteiger partial charge < -0.3 is 5.32 Å². The van der Waals surface area contributed by atoms with E-state index in [0.717, 1.165) is 26.2 Å². The van der Waals surface area contributed by atoms with Crippen molar-refractivity contribution >= 4 is 5.78 Å². The Labute approximate surface area is 81.5 Å². The Morgan fingerprint density at radius 2 is 1.85 bits per heavy atom. The number of nitrogens with zero attached hydrogens (tertiary/aromatic N) is 1. The van der Waals surface area contributed by atoms with Gasteiger partial charge in [-0.25, -0.2) is 0 Å². The molecule has 0 aliphatic rings. The lowest BCUT2D eigenvalue weighted by Gasteiger charge is -2.16. The fraction of sp³-hybridized carbons (Fsp3) is 0.900. The van der Waals surface area contributed by atoms with Crippen molar-refractivity contribution in [3.05, 3.63) is 0 Å². The average Bonchev–Trinajstić information content (AvgIpc) is 2.14. The summed E-state index contributed by atoms with van der Waals surface area (Å²) in [5, 5.41) is 3.15. The molecule has 0 bridgehead atoms. The molecule has 3 heteroatoms. The molecule has 0 aromatic rings. The molecule has 0 atom stereocenters. The van der Waals surface area contributed by atoms with Gasteiger partial charge in [0.05, 0.1) is 6.54 Å². The number of hydrogen-bond acceptors (Lipinski definition) is 3. The molecule has 0 heterocycles. The van der Waals surface area contributed by atoms with E-state index < -0.39 is 0 Å². The van der Waals surface area contributed by atoms with E-state index in [0.29, 0.717) is 18.7 Å². The molecular weight excluding hydrogens is 164 g/mol. The highest BCUT2D eigenvalue weighted by atomic mass is 16.1. The van der Waals surface area contributed by atoms with Crippen LogP contribution >= 0.6 is 0 Å². The first-order chi connectivity index (χ1) is 6.24. The van der Waals surface area contributed by atoms with E-state index in [1.807, 2.05) is 0 Å². The van der Waals surface area contributed by atoms with Gasteiger partial charge in [-0.05, 0) is 19.6 Å². The second kappa shape index (κ2) is 8.20. The molecular formula is C10H22N2O. The second-order valence-electron chi connectivity index (χ2n) is 3.10. The zero-order chi connectivity index (χ0) is 10.1. The summed E-state index contributed by atoms with van der Waals surface area (Å²) in [6.07, 6.45) is 0.657. The lowest BCUT2D eigenvalue weighted by Crippen LogP contribution is -2.31. The van der Waals surface area contributed by atoms with Gasteiger partial charge in [-0.1, -0.05) is 20.8 Å². The summed E-state index contributed by atoms with van der Waals surface area (Å²) in [5.74, 6) is 0.338. The largest absolute Gasteiger partial charge is 0.317 e. The molecule has 3 nitrogen and oxygen atoms in total. The Kier molecular flexibility index (Phi) is 7.94. The standard InChI is InChI=1S/C10H22N2O/c1-4-11-8-7-10(13)9-12(5-2)6-3/h11H,4-9H2,1-3H3. The summed E-state index contributed by atoms with van der Waals surface area (Å²) in [5.41, 5.74) is 0. The first-order valence-corrected chi connectivity index (χ1v) is 5.19. The third kappa shape index (κ3) is 6.72. The summed E-state index contributed by atoms with van der Waals surface area (Å²) < 4.78 is 0. The molecule has 0 unspecified atom stereocenters. The Bertz CT molecular complexity index is 133. The number of carbonyl (C=O) groups is 1. The first kappa shape index (κ1) is 12.6. The summed E-state index contributed by atoms with van der Waals surface area (Å²) >= 11 is 0. The molecule has 78 valence electrons. The van der Waals surface area contributed by atoms with Gasteiger partial charge in [-0.2, -0.15) is 0 Å². The predicted molar refractivity (Wildman–Crippen MR) is 56.0 cm³/mol. The van der Waals surface area contributed by atoms with Crippen molar-refractivity contribution in [2.75, 3.05) is 32.7 Å². The maximum atomic E-state index is 11.4. The molecule has 0 saturated heterocycles. The highest BCUT2D eigenvalue weighted by Crippen LogP contribution is 1.90. The summed E-state index contributed by atoms with van der Waals surface area (Å²) in [7, 11) is 0. The van der Waals surface area contributed by atoms with Gasteiger partial charge in [-0.15, -0.1) is 0 Å². The lowest BCUT2D eigenvalue weighted by atomic mass is 10.2. The van der Waals surface area contributed by atoms with Crippen molar-refractivity contribution in [1.82, 2.24) is 10.2 Å². The van der Waals surface area contributed by atoms with Crippen LogP contribution in [0.4, 0.5) is 0 Å². The van der Waals surface area contributed by atoms with Gasteiger partial charge in [0.2, 0.25) is 0 Å². The van der Waals surface area contributed by atoms with Crippen molar-refractivity contribution in [3.63, 3.8) is 0 Å². The van der Waals surface area contributed by atoms with Crippen molar-refractivity contribution < 1.29 is 4.79 Å². The van der Waals surface area contributed by atoms with Crippen LogP contribution in [-0.2, 0) is 4.79 Å². The minimum absolute atomic E-state index is 0.338. The van der Waals surface area contributed by atoms with Gasteiger partial charge in [-0.3, -0.25) is 9.69 Å². The predicted octanol–water partition coefficient (Wildman–Crippen LogP) is 0.897. The zero-order valence-corrected chi connectivity index (χ0v) is 9.10. The quantitative estimate of drug-likeness (QED) is 0.572. The van der Waals surface area contributed by atoms with Crippen LogP contribution in [0.15, 0.2) is 0 Å². The van der Waals surface area contributed by atoms with Gasteiger partial charge in [0.1, 0.15) is 5.78 Å². The van der Waals surface area contributed by atoms with Crippen LogP contribution in [0.25, 0.3) is 0 Å². The monoisotopic (exact) mass is 186 g/mol. The van der Waals surface area contributed by atoms with Crippen LogP contribution in [0.1, 0.15) is 27.2 Å². The highest BCUT2D eigenvalue weighted by molar-refractivity contribution is 5.80. The Hall–Kier alpha value is -0.410. The number of likely N-dealkylation sites (N-methyl/N-ethyl adjacent to an activating group) is 1. The molecule has 0 fully saturated rings. The minimum Gasteiger partial charge on any atom is -0.317 e. The van der Waals surface area contributed by atoms with Crippen molar-refractivity contribution in [2.45, 2.75) is 27.2 Å². The normalized spacial score (nSPS) is 10.8. The molecule has 0 spiro atoms. The fourth-order valence-corrected chi connectivity index (χ4v) is 1.18. The minimum atomic E-state index is 0.338. The summed E-state index contributed by atoms with van der Waals surface area (Å²) in [6.45, 7) is 10.5. The molecule has 13 heavy (non-hydrogen) atoms. The Morgan fingerprint density at radius 1 is 1.23 bits per heavy atom. The number of rotatable bonds is 8. The lowest BCUT2D eigenvalue weighted by molar-refractivity contribution is -0.120. The van der Waals surface area contributed by atoms with Crippen molar-refractivity contribution in [1.29, 1.82) is 0 Å². The van der Waals surface area contributed by atoms with Gasteiger partial charge in [0.15, 0.2) is 0 Å². The van der Waals surface area contributed by atoms with Crippen LogP contribution in [0.5, 0.6) is 0 Å². The van der Waals surface area contributed by atoms with Crippen molar-refractivity contribution in [2.24, 2.45) is 0 Å². The SMILES string of the molecule is CCNCCC(=O)CN(CC)CC.